The molecule has 114 valence electrons. The number of rotatable bonds is 0. The zero-order valence-electron chi connectivity index (χ0n) is 13.1. The van der Waals surface area contributed by atoms with Crippen LogP contribution in [0.25, 0.3) is 21.9 Å². The van der Waals surface area contributed by atoms with Gasteiger partial charge in [-0.25, -0.2) is 0 Å². The summed E-state index contributed by atoms with van der Waals surface area (Å²) in [5.74, 6) is -0.755. The van der Waals surface area contributed by atoms with E-state index in [4.69, 9.17) is 9.47 Å². The maximum atomic E-state index is 6.30. The average Bonchev–Trinajstić information content (AvgIpc) is 2.62. The highest BCUT2D eigenvalue weighted by molar-refractivity contribution is 6.04. The van der Waals surface area contributed by atoms with Crippen molar-refractivity contribution >= 4 is 10.8 Å². The molecule has 0 N–H and O–H groups in total. The van der Waals surface area contributed by atoms with Crippen molar-refractivity contribution in [2.24, 2.45) is 0 Å². The molecular formula is C21H18O2. The van der Waals surface area contributed by atoms with E-state index in [0.717, 1.165) is 30.8 Å². The number of fused-ring (bicyclic) bond motifs is 4. The monoisotopic (exact) mass is 302 g/mol. The summed E-state index contributed by atoms with van der Waals surface area (Å²) in [6.07, 6.45) is 0.945. The van der Waals surface area contributed by atoms with Crippen molar-refractivity contribution in [2.45, 2.75) is 19.1 Å². The Morgan fingerprint density at radius 2 is 1.57 bits per heavy atom. The van der Waals surface area contributed by atoms with Gasteiger partial charge in [-0.3, -0.25) is 0 Å². The van der Waals surface area contributed by atoms with Gasteiger partial charge in [0.25, 0.3) is 0 Å². The molecule has 0 bridgehead atoms. The normalized spacial score (nSPS) is 18.1. The highest BCUT2D eigenvalue weighted by Gasteiger charge is 2.44. The Labute approximate surface area is 135 Å². The minimum Gasteiger partial charge on any atom is -0.342 e. The molecule has 0 unspecified atom stereocenters. The Morgan fingerprint density at radius 1 is 0.783 bits per heavy atom. The van der Waals surface area contributed by atoms with Crippen molar-refractivity contribution in [3.05, 3.63) is 71.3 Å². The summed E-state index contributed by atoms with van der Waals surface area (Å²) < 4.78 is 12.6. The van der Waals surface area contributed by atoms with Gasteiger partial charge in [-0.15, -0.1) is 0 Å². The molecule has 5 rings (SSSR count). The van der Waals surface area contributed by atoms with E-state index >= 15 is 0 Å². The Kier molecular flexibility index (Phi) is 2.70. The zero-order chi connectivity index (χ0) is 15.4. The van der Waals surface area contributed by atoms with E-state index in [1.807, 2.05) is 0 Å². The summed E-state index contributed by atoms with van der Waals surface area (Å²) in [7, 11) is 0. The second-order valence-corrected chi connectivity index (χ2v) is 6.37. The quantitative estimate of drug-likeness (QED) is 0.595. The molecule has 0 aromatic heterocycles. The Hall–Kier alpha value is -2.16. The van der Waals surface area contributed by atoms with Crippen LogP contribution < -0.4 is 0 Å². The smallest absolute Gasteiger partial charge is 0.223 e. The van der Waals surface area contributed by atoms with Gasteiger partial charge in [0.2, 0.25) is 5.79 Å². The molecule has 2 heteroatoms. The van der Waals surface area contributed by atoms with E-state index in [1.54, 1.807) is 0 Å². The lowest BCUT2D eigenvalue weighted by Gasteiger charge is -2.42. The van der Waals surface area contributed by atoms with Crippen LogP contribution in [-0.2, 0) is 15.3 Å². The second kappa shape index (κ2) is 4.67. The fourth-order valence-corrected chi connectivity index (χ4v) is 4.04. The Bertz CT molecular complexity index is 920. The van der Waals surface area contributed by atoms with E-state index in [1.165, 1.54) is 27.5 Å². The molecule has 2 aliphatic rings. The maximum absolute atomic E-state index is 6.30. The molecule has 3 aromatic carbocycles. The largest absolute Gasteiger partial charge is 0.342 e. The fourth-order valence-electron chi connectivity index (χ4n) is 4.04. The minimum atomic E-state index is -0.755. The average molecular weight is 302 g/mol. The van der Waals surface area contributed by atoms with Gasteiger partial charge < -0.3 is 9.47 Å². The maximum Gasteiger partial charge on any atom is 0.223 e. The van der Waals surface area contributed by atoms with Crippen molar-refractivity contribution in [1.29, 1.82) is 0 Å². The first kappa shape index (κ1) is 13.3. The van der Waals surface area contributed by atoms with Gasteiger partial charge in [0.05, 0.1) is 13.2 Å². The third kappa shape index (κ3) is 1.65. The van der Waals surface area contributed by atoms with Crippen LogP contribution in [-0.4, -0.2) is 13.2 Å². The summed E-state index contributed by atoms with van der Waals surface area (Å²) in [6, 6.07) is 19.4. The van der Waals surface area contributed by atoms with Crippen LogP contribution in [0.15, 0.2) is 54.6 Å². The highest BCUT2D eigenvalue weighted by atomic mass is 16.7. The van der Waals surface area contributed by atoms with Crippen molar-refractivity contribution in [2.75, 3.05) is 13.2 Å². The lowest BCUT2D eigenvalue weighted by Crippen LogP contribution is -2.41. The Balaban J connectivity index is 1.98. The topological polar surface area (TPSA) is 18.5 Å². The standard InChI is InChI=1S/C21H18O2/c1-14-10-11-19-20-15(14)7-4-8-17(20)16-6-2-3-9-18(16)21(19)22-12-5-13-23-21/h2-4,6-11H,5,12-13H2,1H3. The molecular weight excluding hydrogens is 284 g/mol. The SMILES string of the molecule is Cc1ccc2c3c(cccc13)-c1ccccc1C21OCCCO1. The highest BCUT2D eigenvalue weighted by Crippen LogP contribution is 2.51. The van der Waals surface area contributed by atoms with Crippen LogP contribution in [0.1, 0.15) is 23.1 Å². The van der Waals surface area contributed by atoms with Gasteiger partial charge >= 0.3 is 0 Å². The zero-order valence-corrected chi connectivity index (χ0v) is 13.1. The minimum absolute atomic E-state index is 0.728. The third-order valence-electron chi connectivity index (χ3n) is 5.08. The van der Waals surface area contributed by atoms with E-state index in [9.17, 15) is 0 Å². The molecule has 0 saturated carbocycles. The van der Waals surface area contributed by atoms with Gasteiger partial charge in [-0.1, -0.05) is 54.6 Å². The molecule has 3 aromatic rings. The van der Waals surface area contributed by atoms with Gasteiger partial charge in [0.15, 0.2) is 0 Å². The van der Waals surface area contributed by atoms with Gasteiger partial charge in [-0.05, 0) is 40.8 Å². The van der Waals surface area contributed by atoms with E-state index < -0.39 is 5.79 Å². The first-order valence-electron chi connectivity index (χ1n) is 8.22. The van der Waals surface area contributed by atoms with Crippen LogP contribution >= 0.6 is 0 Å². The van der Waals surface area contributed by atoms with Gasteiger partial charge in [-0.2, -0.15) is 0 Å². The molecule has 23 heavy (non-hydrogen) atoms. The Morgan fingerprint density at radius 3 is 2.43 bits per heavy atom. The van der Waals surface area contributed by atoms with Crippen LogP contribution in [0.3, 0.4) is 0 Å². The van der Waals surface area contributed by atoms with Crippen LogP contribution in [0.4, 0.5) is 0 Å². The number of aryl methyl sites for hydroxylation is 1. The molecule has 2 nitrogen and oxygen atoms in total. The van der Waals surface area contributed by atoms with Crippen molar-refractivity contribution in [3.63, 3.8) is 0 Å². The number of hydrogen-bond donors (Lipinski definition) is 0. The van der Waals surface area contributed by atoms with E-state index in [2.05, 4.69) is 61.5 Å². The molecule has 1 saturated heterocycles. The summed E-state index contributed by atoms with van der Waals surface area (Å²) >= 11 is 0. The van der Waals surface area contributed by atoms with E-state index in [0.29, 0.717) is 0 Å². The van der Waals surface area contributed by atoms with Crippen LogP contribution in [0, 0.1) is 6.92 Å². The summed E-state index contributed by atoms with van der Waals surface area (Å²) in [5.41, 5.74) is 6.06. The summed E-state index contributed by atoms with van der Waals surface area (Å²) in [5, 5.41) is 2.56. The van der Waals surface area contributed by atoms with Crippen molar-refractivity contribution in [3.8, 4) is 11.1 Å². The predicted octanol–water partition coefficient (Wildman–Crippen LogP) is 4.77. The number of hydrogen-bond acceptors (Lipinski definition) is 2. The third-order valence-corrected chi connectivity index (χ3v) is 5.08. The second-order valence-electron chi connectivity index (χ2n) is 6.37. The van der Waals surface area contributed by atoms with Gasteiger partial charge in [0, 0.05) is 11.1 Å². The van der Waals surface area contributed by atoms with Crippen LogP contribution in [0.5, 0.6) is 0 Å². The summed E-state index contributed by atoms with van der Waals surface area (Å²) in [6.45, 7) is 3.62. The molecule has 1 heterocycles. The van der Waals surface area contributed by atoms with Crippen molar-refractivity contribution in [1.82, 2.24) is 0 Å². The fraction of sp³-hybridized carbons (Fsp3) is 0.238. The number of ether oxygens (including phenoxy) is 2. The molecule has 1 fully saturated rings. The van der Waals surface area contributed by atoms with Crippen molar-refractivity contribution < 1.29 is 9.47 Å². The first-order valence-corrected chi connectivity index (χ1v) is 8.22. The molecule has 0 amide bonds. The van der Waals surface area contributed by atoms with E-state index in [-0.39, 0.29) is 0 Å². The lowest BCUT2D eigenvalue weighted by atomic mass is 9.78. The molecule has 1 aliphatic carbocycles. The first-order chi connectivity index (χ1) is 11.3. The lowest BCUT2D eigenvalue weighted by molar-refractivity contribution is -0.248. The molecule has 1 aliphatic heterocycles. The molecule has 0 radical (unpaired) electrons. The summed E-state index contributed by atoms with van der Waals surface area (Å²) in [4.78, 5) is 0. The van der Waals surface area contributed by atoms with Gasteiger partial charge in [0.1, 0.15) is 0 Å². The van der Waals surface area contributed by atoms with Crippen LogP contribution in [0.2, 0.25) is 0 Å². The molecule has 1 spiro atoms. The molecule has 0 atom stereocenters. The predicted molar refractivity (Wildman–Crippen MR) is 91.4 cm³/mol. The number of benzene rings is 3.